The molecule has 1 aliphatic heterocycles. The Labute approximate surface area is 155 Å². The fraction of sp³-hybridized carbons (Fsp3) is 0.550. The lowest BCUT2D eigenvalue weighted by molar-refractivity contribution is 0.0888. The highest BCUT2D eigenvalue weighted by molar-refractivity contribution is 5.80. The van der Waals surface area contributed by atoms with E-state index in [0.717, 1.165) is 75.0 Å². The number of nitrogens with zero attached hydrogens (tertiary/aromatic N) is 1. The first kappa shape index (κ1) is 18.7. The lowest BCUT2D eigenvalue weighted by Gasteiger charge is -2.12. The summed E-state index contributed by atoms with van der Waals surface area (Å²) in [5.74, 6) is 2.24. The molecule has 0 amide bonds. The summed E-state index contributed by atoms with van der Waals surface area (Å²) in [5, 5.41) is 7.72. The lowest BCUT2D eigenvalue weighted by Crippen LogP contribution is -2.38. The number of furan rings is 1. The minimum absolute atomic E-state index is 0.516. The topological polar surface area (TPSA) is 68.0 Å². The zero-order valence-corrected chi connectivity index (χ0v) is 15.5. The second-order valence-corrected chi connectivity index (χ2v) is 6.53. The zero-order valence-electron chi connectivity index (χ0n) is 15.5. The van der Waals surface area contributed by atoms with Crippen molar-refractivity contribution in [3.63, 3.8) is 0 Å². The summed E-state index contributed by atoms with van der Waals surface area (Å²) in [6, 6.07) is 10.1. The van der Waals surface area contributed by atoms with Crippen molar-refractivity contribution in [3.8, 4) is 0 Å². The number of guanidine groups is 1. The molecule has 1 fully saturated rings. The molecule has 0 saturated carbocycles. The fourth-order valence-electron chi connectivity index (χ4n) is 2.96. The maximum atomic E-state index is 5.81. The Morgan fingerprint density at radius 3 is 3.04 bits per heavy atom. The first-order valence-electron chi connectivity index (χ1n) is 9.50. The van der Waals surface area contributed by atoms with E-state index in [1.54, 1.807) is 0 Å². The van der Waals surface area contributed by atoms with Gasteiger partial charge in [0.25, 0.3) is 0 Å². The number of nitrogens with one attached hydrogen (secondary N) is 2. The predicted molar refractivity (Wildman–Crippen MR) is 103 cm³/mol. The van der Waals surface area contributed by atoms with E-state index in [4.69, 9.17) is 13.9 Å². The molecule has 0 bridgehead atoms. The highest BCUT2D eigenvalue weighted by atomic mass is 16.5. The molecule has 1 aromatic heterocycles. The quantitative estimate of drug-likeness (QED) is 0.409. The number of benzene rings is 1. The van der Waals surface area contributed by atoms with Crippen LogP contribution < -0.4 is 10.6 Å². The van der Waals surface area contributed by atoms with Gasteiger partial charge in [0.05, 0.1) is 13.2 Å². The molecule has 1 atom stereocenters. The first-order valence-corrected chi connectivity index (χ1v) is 9.50. The largest absolute Gasteiger partial charge is 0.459 e. The van der Waals surface area contributed by atoms with Crippen LogP contribution in [0.2, 0.25) is 0 Å². The van der Waals surface area contributed by atoms with E-state index in [-0.39, 0.29) is 0 Å². The monoisotopic (exact) mass is 359 g/mol. The zero-order chi connectivity index (χ0) is 18.0. The van der Waals surface area contributed by atoms with E-state index in [2.05, 4.69) is 22.5 Å². The van der Waals surface area contributed by atoms with Crippen LogP contribution in [-0.4, -0.2) is 45.5 Å². The third-order valence-electron chi connectivity index (χ3n) is 4.35. The van der Waals surface area contributed by atoms with Gasteiger partial charge in [-0.2, -0.15) is 0 Å². The molecule has 0 spiro atoms. The summed E-state index contributed by atoms with van der Waals surface area (Å²) >= 11 is 0. The highest BCUT2D eigenvalue weighted by Crippen LogP contribution is 2.19. The lowest BCUT2D eigenvalue weighted by atomic mass is 10.1. The van der Waals surface area contributed by atoms with Crippen molar-refractivity contribution in [3.05, 3.63) is 36.1 Å². The van der Waals surface area contributed by atoms with E-state index in [0.29, 0.717) is 12.5 Å². The van der Waals surface area contributed by atoms with Crippen LogP contribution in [0.1, 0.15) is 25.5 Å². The number of para-hydroxylation sites is 1. The van der Waals surface area contributed by atoms with Gasteiger partial charge in [0.2, 0.25) is 0 Å². The number of fused-ring (bicyclic) bond motifs is 1. The van der Waals surface area contributed by atoms with Gasteiger partial charge in [0.1, 0.15) is 17.9 Å². The fourth-order valence-corrected chi connectivity index (χ4v) is 2.96. The minimum Gasteiger partial charge on any atom is -0.459 e. The maximum Gasteiger partial charge on any atom is 0.191 e. The van der Waals surface area contributed by atoms with Crippen LogP contribution >= 0.6 is 0 Å². The second-order valence-electron chi connectivity index (χ2n) is 6.53. The smallest absolute Gasteiger partial charge is 0.191 e. The van der Waals surface area contributed by atoms with Gasteiger partial charge >= 0.3 is 0 Å². The van der Waals surface area contributed by atoms with Crippen LogP contribution in [0.15, 0.2) is 39.7 Å². The maximum absolute atomic E-state index is 5.81. The molecule has 142 valence electrons. The normalized spacial score (nSPS) is 17.7. The third kappa shape index (κ3) is 5.75. The van der Waals surface area contributed by atoms with Crippen molar-refractivity contribution in [2.45, 2.75) is 26.3 Å². The molecule has 2 aromatic rings. The average molecular weight is 359 g/mol. The number of hydrogen-bond donors (Lipinski definition) is 2. The van der Waals surface area contributed by atoms with E-state index in [1.807, 2.05) is 30.3 Å². The van der Waals surface area contributed by atoms with Crippen molar-refractivity contribution in [1.29, 1.82) is 0 Å². The molecule has 6 nitrogen and oxygen atoms in total. The molecular formula is C20H29N3O3. The Bertz CT molecular complexity index is 659. The molecule has 0 aliphatic carbocycles. The van der Waals surface area contributed by atoms with Crippen LogP contribution in [0.3, 0.4) is 0 Å². The Kier molecular flexibility index (Phi) is 7.34. The van der Waals surface area contributed by atoms with Crippen molar-refractivity contribution in [2.75, 3.05) is 39.5 Å². The number of aliphatic imine (C=N–C) groups is 1. The van der Waals surface area contributed by atoms with Crippen molar-refractivity contribution in [1.82, 2.24) is 10.6 Å². The molecule has 6 heteroatoms. The first-order chi connectivity index (χ1) is 12.8. The van der Waals surface area contributed by atoms with Crippen LogP contribution in [0.25, 0.3) is 11.0 Å². The minimum atomic E-state index is 0.516. The van der Waals surface area contributed by atoms with Crippen molar-refractivity contribution >= 4 is 16.9 Å². The van der Waals surface area contributed by atoms with Crippen LogP contribution in [0, 0.1) is 5.92 Å². The number of hydrogen-bond acceptors (Lipinski definition) is 4. The molecule has 0 radical (unpaired) electrons. The summed E-state index contributed by atoms with van der Waals surface area (Å²) in [6.45, 7) is 7.51. The molecule has 1 aliphatic rings. The van der Waals surface area contributed by atoms with E-state index >= 15 is 0 Å². The van der Waals surface area contributed by atoms with Crippen LogP contribution in [-0.2, 0) is 16.0 Å². The van der Waals surface area contributed by atoms with Crippen molar-refractivity contribution < 1.29 is 13.9 Å². The Morgan fingerprint density at radius 1 is 1.31 bits per heavy atom. The molecule has 2 heterocycles. The molecule has 1 saturated heterocycles. The second kappa shape index (κ2) is 10.2. The van der Waals surface area contributed by atoms with Gasteiger partial charge in [0.15, 0.2) is 5.96 Å². The van der Waals surface area contributed by atoms with Crippen LogP contribution in [0.5, 0.6) is 0 Å². The van der Waals surface area contributed by atoms with Gasteiger partial charge in [-0.05, 0) is 31.9 Å². The van der Waals surface area contributed by atoms with Gasteiger partial charge in [0, 0.05) is 37.6 Å². The Morgan fingerprint density at radius 2 is 2.23 bits per heavy atom. The summed E-state index contributed by atoms with van der Waals surface area (Å²) in [7, 11) is 0. The summed E-state index contributed by atoms with van der Waals surface area (Å²) in [5.41, 5.74) is 0.903. The van der Waals surface area contributed by atoms with Gasteiger partial charge < -0.3 is 24.5 Å². The summed E-state index contributed by atoms with van der Waals surface area (Å²) < 4.78 is 16.9. The van der Waals surface area contributed by atoms with Crippen molar-refractivity contribution in [2.24, 2.45) is 10.9 Å². The summed E-state index contributed by atoms with van der Waals surface area (Å²) in [6.07, 6.45) is 2.07. The third-order valence-corrected chi connectivity index (χ3v) is 4.35. The van der Waals surface area contributed by atoms with Gasteiger partial charge in [-0.1, -0.05) is 18.2 Å². The molecular weight excluding hydrogens is 330 g/mol. The molecule has 26 heavy (non-hydrogen) atoms. The molecule has 1 unspecified atom stereocenters. The average Bonchev–Trinajstić information content (AvgIpc) is 3.31. The summed E-state index contributed by atoms with van der Waals surface area (Å²) in [4.78, 5) is 4.60. The van der Waals surface area contributed by atoms with Gasteiger partial charge in [-0.3, -0.25) is 0 Å². The standard InChI is InChI=1S/C20H29N3O3/c1-2-21-20(22-9-5-10-24-14-16-8-11-25-15-16)23-13-18-12-17-6-3-4-7-19(17)26-18/h3-4,6-7,12,16H,2,5,8-11,13-15H2,1H3,(H2,21,22,23). The Hall–Kier alpha value is -2.05. The van der Waals surface area contributed by atoms with E-state index in [9.17, 15) is 0 Å². The molecule has 1 aromatic carbocycles. The van der Waals surface area contributed by atoms with E-state index < -0.39 is 0 Å². The van der Waals surface area contributed by atoms with Gasteiger partial charge in [-0.25, -0.2) is 4.99 Å². The molecule has 2 N–H and O–H groups in total. The Balaban J connectivity index is 1.38. The SMILES string of the molecule is CCNC(=NCc1cc2ccccc2o1)NCCCOCC1CCOC1. The number of ether oxygens (including phenoxy) is 2. The predicted octanol–water partition coefficient (Wildman–Crippen LogP) is 2.93. The number of rotatable bonds is 9. The van der Waals surface area contributed by atoms with Gasteiger partial charge in [-0.15, -0.1) is 0 Å². The van der Waals surface area contributed by atoms with E-state index in [1.165, 1.54) is 0 Å². The van der Waals surface area contributed by atoms with Crippen LogP contribution in [0.4, 0.5) is 0 Å². The highest BCUT2D eigenvalue weighted by Gasteiger charge is 2.15. The molecule has 3 rings (SSSR count).